The smallest absolute Gasteiger partial charge is 0.120 e. The predicted molar refractivity (Wildman–Crippen MR) is 86.6 cm³/mol. The molecule has 1 aliphatic rings. The van der Waals surface area contributed by atoms with Gasteiger partial charge in [0.2, 0.25) is 0 Å². The van der Waals surface area contributed by atoms with Crippen LogP contribution < -0.4 is 5.32 Å². The lowest BCUT2D eigenvalue weighted by Gasteiger charge is -2.29. The van der Waals surface area contributed by atoms with E-state index in [4.69, 9.17) is 11.6 Å². The lowest BCUT2D eigenvalue weighted by atomic mass is 9.85. The maximum Gasteiger partial charge on any atom is 0.120 e. The molecule has 0 spiro atoms. The van der Waals surface area contributed by atoms with Crippen molar-refractivity contribution in [3.05, 3.63) is 64.2 Å². The van der Waals surface area contributed by atoms with Crippen molar-refractivity contribution in [1.29, 1.82) is 0 Å². The zero-order valence-electron chi connectivity index (χ0n) is 12.4. The Morgan fingerprint density at radius 3 is 2.76 bits per heavy atom. The van der Waals surface area contributed by atoms with Gasteiger partial charge >= 0.3 is 0 Å². The van der Waals surface area contributed by atoms with Gasteiger partial charge in [0.05, 0.1) is 0 Å². The lowest BCUT2D eigenvalue weighted by molar-refractivity contribution is 0.267. The van der Waals surface area contributed by atoms with Gasteiger partial charge in [0.25, 0.3) is 0 Å². The number of phenols is 1. The van der Waals surface area contributed by atoms with E-state index in [-0.39, 0.29) is 11.5 Å². The number of nitrogens with one attached hydrogen (secondary N) is 1. The molecule has 3 heteroatoms. The average molecular weight is 302 g/mol. The summed E-state index contributed by atoms with van der Waals surface area (Å²) < 4.78 is 0. The van der Waals surface area contributed by atoms with Crippen LogP contribution in [0.4, 0.5) is 0 Å². The Morgan fingerprint density at radius 1 is 1.24 bits per heavy atom. The third-order valence-electron chi connectivity index (χ3n) is 4.33. The predicted octanol–water partition coefficient (Wildman–Crippen LogP) is 4.46. The molecule has 2 aromatic rings. The Hall–Kier alpha value is -1.51. The fourth-order valence-electron chi connectivity index (χ4n) is 3.27. The van der Waals surface area contributed by atoms with E-state index in [1.54, 1.807) is 6.07 Å². The van der Waals surface area contributed by atoms with Gasteiger partial charge in [-0.2, -0.15) is 0 Å². The zero-order valence-corrected chi connectivity index (χ0v) is 13.1. The first kappa shape index (κ1) is 14.4. The van der Waals surface area contributed by atoms with E-state index >= 15 is 0 Å². The number of rotatable bonds is 3. The molecule has 2 N–H and O–H groups in total. The first-order valence-corrected chi connectivity index (χ1v) is 7.64. The fraction of sp³-hybridized carbons (Fsp3) is 0.333. The van der Waals surface area contributed by atoms with E-state index in [1.165, 1.54) is 11.1 Å². The number of para-hydroxylation sites is 1. The van der Waals surface area contributed by atoms with Crippen molar-refractivity contribution in [1.82, 2.24) is 5.32 Å². The van der Waals surface area contributed by atoms with Gasteiger partial charge in [-0.1, -0.05) is 49.7 Å². The lowest BCUT2D eigenvalue weighted by Crippen LogP contribution is -2.30. The Labute approximate surface area is 130 Å². The number of hydrogen-bond donors (Lipinski definition) is 2. The molecule has 21 heavy (non-hydrogen) atoms. The Balaban J connectivity index is 1.85. The third-order valence-corrected chi connectivity index (χ3v) is 4.57. The maximum atomic E-state index is 9.89. The van der Waals surface area contributed by atoms with Crippen molar-refractivity contribution in [3.8, 4) is 5.75 Å². The van der Waals surface area contributed by atoms with Crippen molar-refractivity contribution < 1.29 is 5.11 Å². The van der Waals surface area contributed by atoms with Gasteiger partial charge in [0.1, 0.15) is 5.75 Å². The molecule has 0 radical (unpaired) electrons. The standard InChI is InChI=1S/C18H20ClNO/c1-18(2)10-12-7-8-14(19)9-15(12)17(18)20-11-13-5-3-4-6-16(13)21/h3-9,17,20-21H,10-11H2,1-2H3. The summed E-state index contributed by atoms with van der Waals surface area (Å²) in [6.07, 6.45) is 1.04. The highest BCUT2D eigenvalue weighted by Gasteiger charge is 2.38. The van der Waals surface area contributed by atoms with Gasteiger partial charge in [0, 0.05) is 23.2 Å². The van der Waals surface area contributed by atoms with Crippen molar-refractivity contribution in [3.63, 3.8) is 0 Å². The first-order chi connectivity index (χ1) is 9.97. The minimum Gasteiger partial charge on any atom is -0.508 e. The van der Waals surface area contributed by atoms with Gasteiger partial charge in [-0.15, -0.1) is 0 Å². The van der Waals surface area contributed by atoms with Crippen LogP contribution in [0.5, 0.6) is 5.75 Å². The molecule has 0 heterocycles. The molecule has 1 atom stereocenters. The number of benzene rings is 2. The molecule has 0 fully saturated rings. The molecule has 0 saturated carbocycles. The third kappa shape index (κ3) is 2.78. The Morgan fingerprint density at radius 2 is 2.00 bits per heavy atom. The Bertz CT molecular complexity index is 666. The van der Waals surface area contributed by atoms with E-state index < -0.39 is 0 Å². The molecule has 0 amide bonds. The molecule has 0 aromatic heterocycles. The summed E-state index contributed by atoms with van der Waals surface area (Å²) in [5.74, 6) is 0.340. The van der Waals surface area contributed by atoms with Crippen LogP contribution in [-0.4, -0.2) is 5.11 Å². The Kier molecular flexibility index (Phi) is 3.68. The highest BCUT2D eigenvalue weighted by molar-refractivity contribution is 6.30. The number of aromatic hydroxyl groups is 1. The number of halogens is 1. The summed E-state index contributed by atoms with van der Waals surface area (Å²) in [6, 6.07) is 13.8. The van der Waals surface area contributed by atoms with Crippen LogP contribution in [0.1, 0.15) is 36.6 Å². The van der Waals surface area contributed by atoms with Crippen LogP contribution in [0.2, 0.25) is 5.02 Å². The molecule has 3 rings (SSSR count). The molecule has 2 nitrogen and oxygen atoms in total. The molecule has 0 saturated heterocycles. The van der Waals surface area contributed by atoms with Gasteiger partial charge in [-0.05, 0) is 41.2 Å². The summed E-state index contributed by atoms with van der Waals surface area (Å²) in [6.45, 7) is 5.18. The molecular weight excluding hydrogens is 282 g/mol. The minimum absolute atomic E-state index is 0.136. The number of hydrogen-bond acceptors (Lipinski definition) is 2. The minimum atomic E-state index is 0.136. The van der Waals surface area contributed by atoms with Gasteiger partial charge in [-0.25, -0.2) is 0 Å². The molecular formula is C18H20ClNO. The quantitative estimate of drug-likeness (QED) is 0.877. The van der Waals surface area contributed by atoms with Crippen LogP contribution in [0.25, 0.3) is 0 Å². The zero-order chi connectivity index (χ0) is 15.0. The van der Waals surface area contributed by atoms with Crippen molar-refractivity contribution >= 4 is 11.6 Å². The van der Waals surface area contributed by atoms with Gasteiger partial charge in [0.15, 0.2) is 0 Å². The summed E-state index contributed by atoms with van der Waals surface area (Å²) in [5, 5.41) is 14.3. The topological polar surface area (TPSA) is 32.3 Å². The summed E-state index contributed by atoms with van der Waals surface area (Å²) in [4.78, 5) is 0. The number of phenolic OH excluding ortho intramolecular Hbond substituents is 1. The van der Waals surface area contributed by atoms with Crippen molar-refractivity contribution in [2.24, 2.45) is 5.41 Å². The summed E-state index contributed by atoms with van der Waals surface area (Å²) in [7, 11) is 0. The molecule has 110 valence electrons. The van der Waals surface area contributed by atoms with Crippen LogP contribution >= 0.6 is 11.6 Å². The molecule has 1 unspecified atom stereocenters. The van der Waals surface area contributed by atoms with E-state index in [1.807, 2.05) is 24.3 Å². The van der Waals surface area contributed by atoms with E-state index in [2.05, 4.69) is 31.3 Å². The van der Waals surface area contributed by atoms with Crippen LogP contribution in [0.3, 0.4) is 0 Å². The van der Waals surface area contributed by atoms with E-state index in [0.29, 0.717) is 12.3 Å². The van der Waals surface area contributed by atoms with Crippen LogP contribution in [0.15, 0.2) is 42.5 Å². The van der Waals surface area contributed by atoms with Gasteiger partial charge < -0.3 is 10.4 Å². The highest BCUT2D eigenvalue weighted by atomic mass is 35.5. The van der Waals surface area contributed by atoms with E-state index in [0.717, 1.165) is 17.0 Å². The molecule has 2 aromatic carbocycles. The maximum absolute atomic E-state index is 9.89. The normalized spacial score (nSPS) is 19.5. The van der Waals surface area contributed by atoms with Gasteiger partial charge in [-0.3, -0.25) is 0 Å². The second-order valence-electron chi connectivity index (χ2n) is 6.45. The monoisotopic (exact) mass is 301 g/mol. The number of fused-ring (bicyclic) bond motifs is 1. The average Bonchev–Trinajstić information content (AvgIpc) is 2.68. The summed E-state index contributed by atoms with van der Waals surface area (Å²) in [5.41, 5.74) is 3.70. The van der Waals surface area contributed by atoms with Crippen molar-refractivity contribution in [2.75, 3.05) is 0 Å². The second-order valence-corrected chi connectivity index (χ2v) is 6.89. The van der Waals surface area contributed by atoms with Crippen molar-refractivity contribution in [2.45, 2.75) is 32.9 Å². The van der Waals surface area contributed by atoms with Crippen LogP contribution in [-0.2, 0) is 13.0 Å². The highest BCUT2D eigenvalue weighted by Crippen LogP contribution is 2.46. The van der Waals surface area contributed by atoms with Crippen LogP contribution in [0, 0.1) is 5.41 Å². The fourth-order valence-corrected chi connectivity index (χ4v) is 3.45. The first-order valence-electron chi connectivity index (χ1n) is 7.26. The van der Waals surface area contributed by atoms with E-state index in [9.17, 15) is 5.11 Å². The second kappa shape index (κ2) is 5.36. The molecule has 0 aliphatic heterocycles. The SMILES string of the molecule is CC1(C)Cc2ccc(Cl)cc2C1NCc1ccccc1O. The summed E-state index contributed by atoms with van der Waals surface area (Å²) >= 11 is 6.16. The molecule has 0 bridgehead atoms. The largest absolute Gasteiger partial charge is 0.508 e. The molecule has 1 aliphatic carbocycles.